The van der Waals surface area contributed by atoms with Crippen LogP contribution >= 0.6 is 0 Å². The first-order valence-electron chi connectivity index (χ1n) is 8.14. The van der Waals surface area contributed by atoms with E-state index in [9.17, 15) is 0 Å². The Kier molecular flexibility index (Phi) is 4.52. The van der Waals surface area contributed by atoms with E-state index in [4.69, 9.17) is 10.00 Å². The van der Waals surface area contributed by atoms with E-state index in [0.29, 0.717) is 18.4 Å². The van der Waals surface area contributed by atoms with Crippen molar-refractivity contribution in [2.24, 2.45) is 5.92 Å². The molecule has 0 amide bonds. The number of para-hydroxylation sites is 1. The van der Waals surface area contributed by atoms with Gasteiger partial charge in [0.15, 0.2) is 0 Å². The van der Waals surface area contributed by atoms with Crippen LogP contribution in [0.3, 0.4) is 0 Å². The van der Waals surface area contributed by atoms with Crippen molar-refractivity contribution in [3.63, 3.8) is 0 Å². The minimum atomic E-state index is 0.332. The largest absolute Gasteiger partial charge is 0.457 e. The van der Waals surface area contributed by atoms with Crippen LogP contribution in [0.4, 0.5) is 5.69 Å². The summed E-state index contributed by atoms with van der Waals surface area (Å²) in [4.78, 5) is 2.35. The van der Waals surface area contributed by atoms with Gasteiger partial charge in [-0.25, -0.2) is 0 Å². The molecule has 3 nitrogen and oxygen atoms in total. The van der Waals surface area contributed by atoms with Gasteiger partial charge < -0.3 is 9.64 Å². The first-order chi connectivity index (χ1) is 11.2. The second-order valence-electron chi connectivity index (χ2n) is 6.37. The molecule has 0 aromatic heterocycles. The summed E-state index contributed by atoms with van der Waals surface area (Å²) in [5.74, 6) is 2.36. The number of nitriles is 1. The molecule has 3 heteroatoms. The van der Waals surface area contributed by atoms with Gasteiger partial charge in [-0.15, -0.1) is 0 Å². The number of anilines is 1. The quantitative estimate of drug-likeness (QED) is 0.804. The molecule has 2 aromatic rings. The van der Waals surface area contributed by atoms with Crippen molar-refractivity contribution in [1.29, 1.82) is 5.26 Å². The molecule has 0 saturated carbocycles. The fourth-order valence-corrected chi connectivity index (χ4v) is 3.27. The lowest BCUT2D eigenvalue weighted by Crippen LogP contribution is -2.28. The van der Waals surface area contributed by atoms with Crippen molar-refractivity contribution >= 4 is 5.69 Å². The molecule has 0 radical (unpaired) electrons. The standard InChI is InChI=1S/C20H22N2O/c1-15-13-18(11-12-21)22(14-15)17-7-9-19(10-8-17)23-20-6-4-3-5-16(20)2/h3-10,15,18H,11,13-14H2,1-2H3. The maximum absolute atomic E-state index is 9.02. The van der Waals surface area contributed by atoms with Crippen molar-refractivity contribution in [3.8, 4) is 17.6 Å². The van der Waals surface area contributed by atoms with E-state index < -0.39 is 0 Å². The number of benzene rings is 2. The summed E-state index contributed by atoms with van der Waals surface area (Å²) >= 11 is 0. The molecule has 2 aromatic carbocycles. The Morgan fingerprint density at radius 3 is 2.61 bits per heavy atom. The van der Waals surface area contributed by atoms with Gasteiger partial charge in [0.2, 0.25) is 0 Å². The van der Waals surface area contributed by atoms with Gasteiger partial charge in [0.1, 0.15) is 11.5 Å². The zero-order chi connectivity index (χ0) is 16.2. The average Bonchev–Trinajstić information content (AvgIpc) is 2.91. The van der Waals surface area contributed by atoms with E-state index in [-0.39, 0.29) is 0 Å². The van der Waals surface area contributed by atoms with Crippen LogP contribution in [0.1, 0.15) is 25.3 Å². The molecular weight excluding hydrogens is 284 g/mol. The minimum Gasteiger partial charge on any atom is -0.457 e. The van der Waals surface area contributed by atoms with E-state index in [0.717, 1.165) is 30.0 Å². The number of hydrogen-bond donors (Lipinski definition) is 0. The summed E-state index contributed by atoms with van der Waals surface area (Å²) in [5.41, 5.74) is 2.30. The maximum atomic E-state index is 9.02. The Balaban J connectivity index is 1.74. The molecule has 118 valence electrons. The van der Waals surface area contributed by atoms with E-state index in [1.165, 1.54) is 5.69 Å². The molecule has 1 saturated heterocycles. The highest BCUT2D eigenvalue weighted by Crippen LogP contribution is 2.32. The second-order valence-corrected chi connectivity index (χ2v) is 6.37. The first-order valence-corrected chi connectivity index (χ1v) is 8.14. The number of aryl methyl sites for hydroxylation is 1. The van der Waals surface area contributed by atoms with Gasteiger partial charge >= 0.3 is 0 Å². The lowest BCUT2D eigenvalue weighted by Gasteiger charge is -2.25. The predicted molar refractivity (Wildman–Crippen MR) is 92.8 cm³/mol. The van der Waals surface area contributed by atoms with Crippen molar-refractivity contribution in [2.75, 3.05) is 11.4 Å². The summed E-state index contributed by atoms with van der Waals surface area (Å²) in [6.07, 6.45) is 1.68. The summed E-state index contributed by atoms with van der Waals surface area (Å²) in [5, 5.41) is 9.02. The zero-order valence-electron chi connectivity index (χ0n) is 13.7. The van der Waals surface area contributed by atoms with Gasteiger partial charge in [-0.3, -0.25) is 0 Å². The first kappa shape index (κ1) is 15.4. The van der Waals surface area contributed by atoms with Crippen LogP contribution in [0.5, 0.6) is 11.5 Å². The third-order valence-electron chi connectivity index (χ3n) is 4.44. The van der Waals surface area contributed by atoms with Crippen LogP contribution in [0.2, 0.25) is 0 Å². The highest BCUT2D eigenvalue weighted by molar-refractivity contribution is 5.52. The van der Waals surface area contributed by atoms with Crippen LogP contribution in [0.25, 0.3) is 0 Å². The molecule has 0 N–H and O–H groups in total. The normalized spacial score (nSPS) is 20.3. The van der Waals surface area contributed by atoms with Crippen molar-refractivity contribution in [3.05, 3.63) is 54.1 Å². The topological polar surface area (TPSA) is 36.3 Å². The molecule has 1 aliphatic rings. The van der Waals surface area contributed by atoms with Gasteiger partial charge in [0, 0.05) is 18.3 Å². The Labute approximate surface area is 138 Å². The molecule has 3 rings (SSSR count). The lowest BCUT2D eigenvalue weighted by atomic mass is 10.1. The highest BCUT2D eigenvalue weighted by atomic mass is 16.5. The van der Waals surface area contributed by atoms with Gasteiger partial charge in [-0.05, 0) is 55.2 Å². The Hall–Kier alpha value is -2.47. The van der Waals surface area contributed by atoms with Crippen LogP contribution in [0, 0.1) is 24.2 Å². The third-order valence-corrected chi connectivity index (χ3v) is 4.44. The number of ether oxygens (including phenoxy) is 1. The number of hydrogen-bond acceptors (Lipinski definition) is 3. The molecule has 1 fully saturated rings. The van der Waals surface area contributed by atoms with Crippen LogP contribution in [-0.4, -0.2) is 12.6 Å². The van der Waals surface area contributed by atoms with E-state index in [1.807, 2.05) is 43.3 Å². The van der Waals surface area contributed by atoms with Crippen molar-refractivity contribution < 1.29 is 4.74 Å². The average molecular weight is 306 g/mol. The van der Waals surface area contributed by atoms with Gasteiger partial charge in [-0.1, -0.05) is 25.1 Å². The SMILES string of the molecule is Cc1ccccc1Oc1ccc(N2CC(C)CC2CC#N)cc1. The minimum absolute atomic E-state index is 0.332. The van der Waals surface area contributed by atoms with E-state index >= 15 is 0 Å². The van der Waals surface area contributed by atoms with Crippen LogP contribution in [-0.2, 0) is 0 Å². The number of rotatable bonds is 4. The molecular formula is C20H22N2O. The maximum Gasteiger partial charge on any atom is 0.130 e. The number of nitrogens with zero attached hydrogens (tertiary/aromatic N) is 2. The molecule has 2 unspecified atom stereocenters. The summed E-state index contributed by atoms with van der Waals surface area (Å²) in [7, 11) is 0. The summed E-state index contributed by atoms with van der Waals surface area (Å²) in [6.45, 7) is 5.31. The molecule has 0 bridgehead atoms. The fraction of sp³-hybridized carbons (Fsp3) is 0.350. The molecule has 1 heterocycles. The Morgan fingerprint density at radius 1 is 1.17 bits per heavy atom. The highest BCUT2D eigenvalue weighted by Gasteiger charge is 2.29. The molecule has 0 aliphatic carbocycles. The van der Waals surface area contributed by atoms with Crippen molar-refractivity contribution in [2.45, 2.75) is 32.7 Å². The Bertz CT molecular complexity index is 702. The van der Waals surface area contributed by atoms with Crippen LogP contribution in [0.15, 0.2) is 48.5 Å². The molecule has 0 spiro atoms. The monoisotopic (exact) mass is 306 g/mol. The van der Waals surface area contributed by atoms with Gasteiger partial charge in [0.05, 0.1) is 12.5 Å². The van der Waals surface area contributed by atoms with Gasteiger partial charge in [-0.2, -0.15) is 5.26 Å². The van der Waals surface area contributed by atoms with Crippen molar-refractivity contribution in [1.82, 2.24) is 0 Å². The van der Waals surface area contributed by atoms with E-state index in [1.54, 1.807) is 0 Å². The smallest absolute Gasteiger partial charge is 0.130 e. The summed E-state index contributed by atoms with van der Waals surface area (Å²) in [6, 6.07) is 18.9. The van der Waals surface area contributed by atoms with E-state index in [2.05, 4.69) is 30.0 Å². The summed E-state index contributed by atoms with van der Waals surface area (Å²) < 4.78 is 5.95. The van der Waals surface area contributed by atoms with Gasteiger partial charge in [0.25, 0.3) is 0 Å². The third kappa shape index (κ3) is 3.48. The fourth-order valence-electron chi connectivity index (χ4n) is 3.27. The Morgan fingerprint density at radius 2 is 1.91 bits per heavy atom. The molecule has 1 aliphatic heterocycles. The van der Waals surface area contributed by atoms with Crippen LogP contribution < -0.4 is 9.64 Å². The predicted octanol–water partition coefficient (Wildman–Crippen LogP) is 4.92. The molecule has 2 atom stereocenters. The molecule has 23 heavy (non-hydrogen) atoms. The zero-order valence-corrected chi connectivity index (χ0v) is 13.7. The second kappa shape index (κ2) is 6.75. The lowest BCUT2D eigenvalue weighted by molar-refractivity contribution is 0.479.